The molecule has 1 aromatic rings. The van der Waals surface area contributed by atoms with Gasteiger partial charge in [0.1, 0.15) is 0 Å². The van der Waals surface area contributed by atoms with Gasteiger partial charge in [0.05, 0.1) is 11.5 Å². The van der Waals surface area contributed by atoms with Crippen molar-refractivity contribution < 1.29 is 13.5 Å². The zero-order valence-electron chi connectivity index (χ0n) is 11.0. The molecule has 1 aromatic carbocycles. The molecule has 0 spiro atoms. The predicted molar refractivity (Wildman–Crippen MR) is 74.6 cm³/mol. The van der Waals surface area contributed by atoms with Gasteiger partial charge in [0, 0.05) is 25.3 Å². The summed E-state index contributed by atoms with van der Waals surface area (Å²) < 4.78 is 26.5. The van der Waals surface area contributed by atoms with E-state index in [9.17, 15) is 13.5 Å². The number of hydrogen-bond donors (Lipinski definition) is 2. The standard InChI is InChI=1S/C13H20N2O3S/c1-14-11-5-7-13(8-6-11)19(17,18)15-9-3-2-4-12(15)10-16/h5-8,12,14,16H,2-4,9-10H2,1H3. The van der Waals surface area contributed by atoms with E-state index in [4.69, 9.17) is 0 Å². The highest BCUT2D eigenvalue weighted by Gasteiger charge is 2.32. The average Bonchev–Trinajstić information content (AvgIpc) is 2.47. The van der Waals surface area contributed by atoms with Crippen molar-refractivity contribution in [3.63, 3.8) is 0 Å². The Balaban J connectivity index is 2.29. The van der Waals surface area contributed by atoms with Crippen LogP contribution in [0.1, 0.15) is 19.3 Å². The minimum Gasteiger partial charge on any atom is -0.395 e. The van der Waals surface area contributed by atoms with Gasteiger partial charge in [-0.05, 0) is 37.1 Å². The number of nitrogens with one attached hydrogen (secondary N) is 1. The van der Waals surface area contributed by atoms with Gasteiger partial charge < -0.3 is 10.4 Å². The van der Waals surface area contributed by atoms with E-state index < -0.39 is 10.0 Å². The molecule has 1 unspecified atom stereocenters. The lowest BCUT2D eigenvalue weighted by molar-refractivity contribution is 0.155. The smallest absolute Gasteiger partial charge is 0.243 e. The number of aliphatic hydroxyl groups excluding tert-OH is 1. The summed E-state index contributed by atoms with van der Waals surface area (Å²) in [4.78, 5) is 0.284. The van der Waals surface area contributed by atoms with Gasteiger partial charge >= 0.3 is 0 Å². The monoisotopic (exact) mass is 284 g/mol. The van der Waals surface area contributed by atoms with E-state index in [0.717, 1.165) is 24.9 Å². The SMILES string of the molecule is CNc1ccc(S(=O)(=O)N2CCCCC2CO)cc1. The number of rotatable bonds is 4. The molecular formula is C13H20N2O3S. The number of anilines is 1. The molecule has 0 saturated carbocycles. The van der Waals surface area contributed by atoms with Crippen molar-refractivity contribution in [3.8, 4) is 0 Å². The zero-order valence-corrected chi connectivity index (χ0v) is 11.9. The summed E-state index contributed by atoms with van der Waals surface area (Å²) >= 11 is 0. The fourth-order valence-electron chi connectivity index (χ4n) is 2.40. The van der Waals surface area contributed by atoms with Gasteiger partial charge in [-0.2, -0.15) is 4.31 Å². The Bertz CT molecular complexity index is 513. The van der Waals surface area contributed by atoms with Crippen molar-refractivity contribution in [2.24, 2.45) is 0 Å². The van der Waals surface area contributed by atoms with Crippen molar-refractivity contribution in [1.29, 1.82) is 0 Å². The normalized spacial score (nSPS) is 21.3. The Labute approximate surface area is 114 Å². The summed E-state index contributed by atoms with van der Waals surface area (Å²) in [5, 5.41) is 12.3. The Morgan fingerprint density at radius 1 is 1.32 bits per heavy atom. The number of piperidine rings is 1. The maximum Gasteiger partial charge on any atom is 0.243 e. The maximum absolute atomic E-state index is 12.6. The van der Waals surface area contributed by atoms with Crippen LogP contribution in [0.3, 0.4) is 0 Å². The largest absolute Gasteiger partial charge is 0.395 e. The van der Waals surface area contributed by atoms with Gasteiger partial charge in [-0.3, -0.25) is 0 Å². The first-order valence-corrected chi connectivity index (χ1v) is 7.94. The van der Waals surface area contributed by atoms with Crippen LogP contribution in [0.25, 0.3) is 0 Å². The third-order valence-electron chi connectivity index (χ3n) is 3.53. The summed E-state index contributed by atoms with van der Waals surface area (Å²) in [5.74, 6) is 0. The lowest BCUT2D eigenvalue weighted by atomic mass is 10.1. The van der Waals surface area contributed by atoms with E-state index in [1.54, 1.807) is 31.3 Å². The lowest BCUT2D eigenvalue weighted by Crippen LogP contribution is -2.45. The highest BCUT2D eigenvalue weighted by atomic mass is 32.2. The predicted octanol–water partition coefficient (Wildman–Crippen LogP) is 1.26. The second kappa shape index (κ2) is 5.90. The molecule has 6 heteroatoms. The molecule has 19 heavy (non-hydrogen) atoms. The molecule has 0 radical (unpaired) electrons. The first kappa shape index (κ1) is 14.3. The number of aliphatic hydroxyl groups is 1. The first-order valence-electron chi connectivity index (χ1n) is 6.50. The summed E-state index contributed by atoms with van der Waals surface area (Å²) in [5.41, 5.74) is 0.872. The number of nitrogens with zero attached hydrogens (tertiary/aromatic N) is 1. The highest BCUT2D eigenvalue weighted by molar-refractivity contribution is 7.89. The number of hydrogen-bond acceptors (Lipinski definition) is 4. The Morgan fingerprint density at radius 3 is 2.58 bits per heavy atom. The van der Waals surface area contributed by atoms with E-state index in [-0.39, 0.29) is 17.5 Å². The number of benzene rings is 1. The third kappa shape index (κ3) is 2.91. The third-order valence-corrected chi connectivity index (χ3v) is 5.50. The van der Waals surface area contributed by atoms with E-state index in [1.165, 1.54) is 4.31 Å². The van der Waals surface area contributed by atoms with E-state index >= 15 is 0 Å². The van der Waals surface area contributed by atoms with Gasteiger partial charge in [-0.15, -0.1) is 0 Å². The van der Waals surface area contributed by atoms with Crippen molar-refractivity contribution in [2.75, 3.05) is 25.5 Å². The maximum atomic E-state index is 12.6. The minimum atomic E-state index is -3.50. The zero-order chi connectivity index (χ0) is 13.9. The molecule has 5 nitrogen and oxygen atoms in total. The van der Waals surface area contributed by atoms with Crippen LogP contribution in [0.5, 0.6) is 0 Å². The van der Waals surface area contributed by atoms with Crippen LogP contribution >= 0.6 is 0 Å². The summed E-state index contributed by atoms with van der Waals surface area (Å²) in [6, 6.07) is 6.40. The van der Waals surface area contributed by atoms with Crippen LogP contribution in [-0.2, 0) is 10.0 Å². The fraction of sp³-hybridized carbons (Fsp3) is 0.538. The van der Waals surface area contributed by atoms with Gasteiger partial charge in [-0.25, -0.2) is 8.42 Å². The molecule has 0 aliphatic carbocycles. The molecule has 0 aromatic heterocycles. The van der Waals surface area contributed by atoms with E-state index in [0.29, 0.717) is 6.54 Å². The van der Waals surface area contributed by atoms with E-state index in [1.807, 2.05) is 0 Å². The van der Waals surface area contributed by atoms with Crippen LogP contribution in [0.2, 0.25) is 0 Å². The van der Waals surface area contributed by atoms with Crippen LogP contribution in [0.4, 0.5) is 5.69 Å². The van der Waals surface area contributed by atoms with Gasteiger partial charge in [0.25, 0.3) is 0 Å². The van der Waals surface area contributed by atoms with Gasteiger partial charge in [-0.1, -0.05) is 6.42 Å². The van der Waals surface area contributed by atoms with Crippen molar-refractivity contribution in [1.82, 2.24) is 4.31 Å². The average molecular weight is 284 g/mol. The molecule has 2 rings (SSSR count). The Morgan fingerprint density at radius 2 is 2.00 bits per heavy atom. The molecule has 1 saturated heterocycles. The molecule has 1 fully saturated rings. The quantitative estimate of drug-likeness (QED) is 0.873. The second-order valence-corrected chi connectivity index (χ2v) is 6.61. The number of sulfonamides is 1. The van der Waals surface area contributed by atoms with Crippen molar-refractivity contribution >= 4 is 15.7 Å². The topological polar surface area (TPSA) is 69.6 Å². The molecule has 106 valence electrons. The second-order valence-electron chi connectivity index (χ2n) is 4.72. The molecule has 1 aliphatic heterocycles. The van der Waals surface area contributed by atoms with Crippen LogP contribution < -0.4 is 5.32 Å². The fourth-order valence-corrected chi connectivity index (χ4v) is 4.09. The Kier molecular flexibility index (Phi) is 4.44. The first-order chi connectivity index (χ1) is 9.09. The van der Waals surface area contributed by atoms with Crippen molar-refractivity contribution in [3.05, 3.63) is 24.3 Å². The van der Waals surface area contributed by atoms with Crippen LogP contribution in [0.15, 0.2) is 29.2 Å². The van der Waals surface area contributed by atoms with Crippen molar-refractivity contribution in [2.45, 2.75) is 30.2 Å². The van der Waals surface area contributed by atoms with Gasteiger partial charge in [0.15, 0.2) is 0 Å². The molecule has 0 amide bonds. The molecule has 1 aliphatic rings. The highest BCUT2D eigenvalue weighted by Crippen LogP contribution is 2.25. The molecular weight excluding hydrogens is 264 g/mol. The molecule has 0 bridgehead atoms. The summed E-state index contributed by atoms with van der Waals surface area (Å²) in [6.45, 7) is 0.370. The minimum absolute atomic E-state index is 0.117. The van der Waals surface area contributed by atoms with Crippen LogP contribution in [-0.4, -0.2) is 44.1 Å². The van der Waals surface area contributed by atoms with Gasteiger partial charge in [0.2, 0.25) is 10.0 Å². The molecule has 2 N–H and O–H groups in total. The Hall–Kier alpha value is -1.11. The molecule has 1 heterocycles. The van der Waals surface area contributed by atoms with Crippen LogP contribution in [0, 0.1) is 0 Å². The lowest BCUT2D eigenvalue weighted by Gasteiger charge is -2.33. The molecule has 1 atom stereocenters. The summed E-state index contributed by atoms with van der Waals surface area (Å²) in [6.07, 6.45) is 2.55. The van der Waals surface area contributed by atoms with E-state index in [2.05, 4.69) is 5.32 Å². The summed E-state index contributed by atoms with van der Waals surface area (Å²) in [7, 11) is -1.72.